The fourth-order valence-corrected chi connectivity index (χ4v) is 5.66. The Morgan fingerprint density at radius 2 is 1.95 bits per heavy atom. The number of benzene rings is 1. The van der Waals surface area contributed by atoms with Crippen LogP contribution in [0.15, 0.2) is 27.6 Å². The maximum absolute atomic E-state index is 12.9. The molecule has 2 saturated heterocycles. The summed E-state index contributed by atoms with van der Waals surface area (Å²) in [5, 5.41) is 3.83. The second-order valence-electron chi connectivity index (χ2n) is 5.29. The molecule has 0 amide bonds. The molecule has 0 aromatic heterocycles. The lowest BCUT2D eigenvalue weighted by Crippen LogP contribution is -2.42. The highest BCUT2D eigenvalue weighted by Crippen LogP contribution is 2.35. The summed E-state index contributed by atoms with van der Waals surface area (Å²) in [5.74, 6) is 0. The van der Waals surface area contributed by atoms with Gasteiger partial charge in [-0.1, -0.05) is 11.6 Å². The van der Waals surface area contributed by atoms with E-state index < -0.39 is 10.0 Å². The van der Waals surface area contributed by atoms with Crippen LogP contribution < -0.4 is 5.32 Å². The van der Waals surface area contributed by atoms with Crippen LogP contribution in [0.3, 0.4) is 0 Å². The molecule has 1 aromatic rings. The zero-order valence-corrected chi connectivity index (χ0v) is 15.2. The van der Waals surface area contributed by atoms with E-state index in [0.717, 1.165) is 32.4 Å². The predicted molar refractivity (Wildman–Crippen MR) is 89.7 cm³/mol. The largest absolute Gasteiger partial charge is 0.315 e. The Balaban J connectivity index is 0.00000161. The van der Waals surface area contributed by atoms with Gasteiger partial charge in [-0.15, -0.1) is 12.4 Å². The van der Waals surface area contributed by atoms with E-state index >= 15 is 0 Å². The first-order valence-corrected chi connectivity index (χ1v) is 9.30. The van der Waals surface area contributed by atoms with Crippen molar-refractivity contribution in [2.45, 2.75) is 36.2 Å². The highest BCUT2D eigenvalue weighted by atomic mass is 79.9. The summed E-state index contributed by atoms with van der Waals surface area (Å²) in [7, 11) is -3.46. The van der Waals surface area contributed by atoms with E-state index in [4.69, 9.17) is 11.6 Å². The lowest BCUT2D eigenvalue weighted by Gasteiger charge is -2.27. The van der Waals surface area contributed by atoms with Gasteiger partial charge >= 0.3 is 0 Å². The number of sulfonamides is 1. The summed E-state index contributed by atoms with van der Waals surface area (Å²) >= 11 is 9.24. The molecule has 4 nitrogen and oxygen atoms in total. The van der Waals surface area contributed by atoms with Crippen molar-refractivity contribution in [3.63, 3.8) is 0 Å². The molecule has 2 unspecified atom stereocenters. The third kappa shape index (κ3) is 3.26. The summed E-state index contributed by atoms with van der Waals surface area (Å²) in [4.78, 5) is 0.313. The van der Waals surface area contributed by atoms with Crippen LogP contribution in [0.4, 0.5) is 0 Å². The van der Waals surface area contributed by atoms with Crippen molar-refractivity contribution in [2.75, 3.05) is 13.1 Å². The van der Waals surface area contributed by atoms with E-state index in [-0.39, 0.29) is 24.5 Å². The quantitative estimate of drug-likeness (QED) is 0.807. The summed E-state index contributed by atoms with van der Waals surface area (Å²) in [6.07, 6.45) is 2.77. The van der Waals surface area contributed by atoms with Crippen molar-refractivity contribution in [1.82, 2.24) is 9.62 Å². The fourth-order valence-electron chi connectivity index (χ4n) is 3.09. The first-order valence-electron chi connectivity index (χ1n) is 6.69. The van der Waals surface area contributed by atoms with Gasteiger partial charge in [-0.2, -0.15) is 4.31 Å². The monoisotopic (exact) mass is 414 g/mol. The van der Waals surface area contributed by atoms with Gasteiger partial charge in [-0.05, 0) is 59.9 Å². The van der Waals surface area contributed by atoms with Gasteiger partial charge in [0.2, 0.25) is 10.0 Å². The molecular weight excluding hydrogens is 399 g/mol. The third-order valence-electron chi connectivity index (χ3n) is 4.05. The lowest BCUT2D eigenvalue weighted by molar-refractivity contribution is 0.334. The molecule has 2 fully saturated rings. The average Bonchev–Trinajstić information content (AvgIpc) is 2.66. The van der Waals surface area contributed by atoms with Crippen LogP contribution in [-0.4, -0.2) is 37.9 Å². The van der Waals surface area contributed by atoms with Gasteiger partial charge in [0, 0.05) is 23.1 Å². The predicted octanol–water partition coefficient (Wildman–Crippen LogP) is 3.04. The second-order valence-corrected chi connectivity index (χ2v) is 8.39. The fraction of sp³-hybridized carbons (Fsp3) is 0.538. The van der Waals surface area contributed by atoms with Crippen LogP contribution in [0.25, 0.3) is 0 Å². The minimum absolute atomic E-state index is 0. The van der Waals surface area contributed by atoms with E-state index in [1.54, 1.807) is 22.5 Å². The standard InChI is InChI=1S/C13H16BrClN2O2S.ClH/c14-12-7-11(3-4-13(12)15)20(18,19)17-9-1-2-10(17)8-16-6-5-9;/h3-4,7,9-10,16H,1-2,5-6,8H2;1H. The summed E-state index contributed by atoms with van der Waals surface area (Å²) < 4.78 is 28.1. The van der Waals surface area contributed by atoms with E-state index in [0.29, 0.717) is 14.4 Å². The van der Waals surface area contributed by atoms with Crippen LogP contribution in [0.1, 0.15) is 19.3 Å². The lowest BCUT2D eigenvalue weighted by atomic mass is 10.1. The number of rotatable bonds is 2. The molecule has 118 valence electrons. The maximum atomic E-state index is 12.9. The number of hydrogen-bond acceptors (Lipinski definition) is 3. The van der Waals surface area contributed by atoms with Gasteiger partial charge in [-0.25, -0.2) is 8.42 Å². The molecule has 0 saturated carbocycles. The Labute approximate surface area is 144 Å². The van der Waals surface area contributed by atoms with Crippen LogP contribution in [0.5, 0.6) is 0 Å². The molecule has 2 bridgehead atoms. The van der Waals surface area contributed by atoms with Crippen LogP contribution in [-0.2, 0) is 10.0 Å². The summed E-state index contributed by atoms with van der Waals surface area (Å²) in [6.45, 7) is 1.63. The second kappa shape index (κ2) is 6.72. The average molecular weight is 416 g/mol. The first-order chi connectivity index (χ1) is 9.50. The van der Waals surface area contributed by atoms with Gasteiger partial charge in [-0.3, -0.25) is 0 Å². The van der Waals surface area contributed by atoms with Crippen molar-refractivity contribution >= 4 is 50.0 Å². The van der Waals surface area contributed by atoms with E-state index in [1.807, 2.05) is 0 Å². The van der Waals surface area contributed by atoms with Gasteiger partial charge in [0.15, 0.2) is 0 Å². The molecule has 21 heavy (non-hydrogen) atoms. The SMILES string of the molecule is Cl.O=S(=O)(c1ccc(Cl)c(Br)c1)N1C2CCNCC1CC2. The van der Waals surface area contributed by atoms with E-state index in [9.17, 15) is 8.42 Å². The van der Waals surface area contributed by atoms with E-state index in [2.05, 4.69) is 21.2 Å². The zero-order valence-electron chi connectivity index (χ0n) is 11.3. The van der Waals surface area contributed by atoms with Crippen LogP contribution >= 0.6 is 39.9 Å². The molecule has 0 aliphatic carbocycles. The van der Waals surface area contributed by atoms with Crippen LogP contribution in [0.2, 0.25) is 5.02 Å². The molecule has 0 radical (unpaired) electrons. The van der Waals surface area contributed by atoms with Crippen molar-refractivity contribution in [3.05, 3.63) is 27.7 Å². The number of halogens is 3. The molecule has 0 spiro atoms. The zero-order chi connectivity index (χ0) is 14.3. The molecule has 2 atom stereocenters. The molecule has 2 heterocycles. The molecule has 1 aromatic carbocycles. The van der Waals surface area contributed by atoms with Gasteiger partial charge < -0.3 is 5.32 Å². The highest BCUT2D eigenvalue weighted by molar-refractivity contribution is 9.10. The van der Waals surface area contributed by atoms with Crippen molar-refractivity contribution in [1.29, 1.82) is 0 Å². The van der Waals surface area contributed by atoms with Crippen LogP contribution in [0, 0.1) is 0 Å². The highest BCUT2D eigenvalue weighted by Gasteiger charge is 2.43. The van der Waals surface area contributed by atoms with Gasteiger partial charge in [0.1, 0.15) is 0 Å². The topological polar surface area (TPSA) is 49.4 Å². The summed E-state index contributed by atoms with van der Waals surface area (Å²) in [6, 6.07) is 4.99. The van der Waals surface area contributed by atoms with Gasteiger partial charge in [0.05, 0.1) is 9.92 Å². The van der Waals surface area contributed by atoms with E-state index in [1.165, 1.54) is 0 Å². The minimum Gasteiger partial charge on any atom is -0.315 e. The molecule has 2 aliphatic heterocycles. The number of nitrogens with zero attached hydrogens (tertiary/aromatic N) is 1. The Hall–Kier alpha value is 0.150. The molecule has 1 N–H and O–H groups in total. The molecule has 3 rings (SSSR count). The first kappa shape index (κ1) is 17.5. The Morgan fingerprint density at radius 1 is 1.24 bits per heavy atom. The Kier molecular flexibility index (Phi) is 5.60. The normalized spacial score (nSPS) is 26.2. The minimum atomic E-state index is -3.46. The number of nitrogens with one attached hydrogen (secondary N) is 1. The smallest absolute Gasteiger partial charge is 0.243 e. The third-order valence-corrected chi connectivity index (χ3v) is 7.27. The number of fused-ring (bicyclic) bond motifs is 2. The van der Waals surface area contributed by atoms with Crippen molar-refractivity contribution in [3.8, 4) is 0 Å². The van der Waals surface area contributed by atoms with Crippen molar-refractivity contribution < 1.29 is 8.42 Å². The maximum Gasteiger partial charge on any atom is 0.243 e. The number of hydrogen-bond donors (Lipinski definition) is 1. The Morgan fingerprint density at radius 3 is 2.67 bits per heavy atom. The molecule has 8 heteroatoms. The van der Waals surface area contributed by atoms with Gasteiger partial charge in [0.25, 0.3) is 0 Å². The van der Waals surface area contributed by atoms with Crippen molar-refractivity contribution in [2.24, 2.45) is 0 Å². The molecular formula is C13H17BrCl2N2O2S. The Bertz CT molecular complexity index is 613. The molecule has 2 aliphatic rings. The summed E-state index contributed by atoms with van der Waals surface area (Å²) in [5.41, 5.74) is 0.